The van der Waals surface area contributed by atoms with Crippen LogP contribution in [0.2, 0.25) is 0 Å². The molecule has 2 nitrogen and oxygen atoms in total. The van der Waals surface area contributed by atoms with Crippen LogP contribution in [0.3, 0.4) is 0 Å². The van der Waals surface area contributed by atoms with Crippen molar-refractivity contribution < 1.29 is 9.59 Å². The van der Waals surface area contributed by atoms with Gasteiger partial charge in [-0.15, -0.1) is 0 Å². The molecule has 0 heterocycles. The molecule has 0 fully saturated rings. The average Bonchev–Trinajstić information content (AvgIpc) is 2.63. The molecule has 0 spiro atoms. The lowest BCUT2D eigenvalue weighted by atomic mass is 9.76. The molecule has 0 bridgehead atoms. The topological polar surface area (TPSA) is 34.1 Å². The maximum Gasteiger partial charge on any atom is 0.160 e. The van der Waals surface area contributed by atoms with E-state index in [4.69, 9.17) is 0 Å². The Morgan fingerprint density at radius 3 is 2.04 bits per heavy atom. The summed E-state index contributed by atoms with van der Waals surface area (Å²) >= 11 is 3.53. The van der Waals surface area contributed by atoms with Gasteiger partial charge >= 0.3 is 0 Å². The summed E-state index contributed by atoms with van der Waals surface area (Å²) in [5, 5.41) is 0. The van der Waals surface area contributed by atoms with Gasteiger partial charge in [0, 0.05) is 11.1 Å². The Balaban J connectivity index is 0.00000127. The Bertz CT molecular complexity index is 668. The third kappa shape index (κ3) is 3.84. The highest BCUT2D eigenvalue weighted by atomic mass is 32.1. The molecule has 0 saturated heterocycles. The predicted molar refractivity (Wildman–Crippen MR) is 101 cm³/mol. The van der Waals surface area contributed by atoms with Crippen molar-refractivity contribution in [3.05, 3.63) is 47.0 Å². The molecule has 0 aromatic carbocycles. The van der Waals surface area contributed by atoms with Gasteiger partial charge in [-0.2, -0.15) is 12.6 Å². The summed E-state index contributed by atoms with van der Waals surface area (Å²) in [6.45, 7) is 10.1. The average molecular weight is 330 g/mol. The largest absolute Gasteiger partial charge is 0.298 e. The van der Waals surface area contributed by atoms with E-state index in [1.165, 1.54) is 0 Å². The van der Waals surface area contributed by atoms with Gasteiger partial charge in [-0.05, 0) is 41.2 Å². The summed E-state index contributed by atoms with van der Waals surface area (Å²) in [5.41, 5.74) is 3.98. The molecule has 2 rings (SSSR count). The van der Waals surface area contributed by atoms with E-state index in [0.717, 1.165) is 23.0 Å². The van der Waals surface area contributed by atoms with E-state index < -0.39 is 0 Å². The van der Waals surface area contributed by atoms with E-state index in [9.17, 15) is 9.59 Å². The minimum atomic E-state index is -0.0193. The molecule has 0 N–H and O–H groups in total. The Hall–Kier alpha value is -1.61. The lowest BCUT2D eigenvalue weighted by Gasteiger charge is -2.28. The number of fused-ring (bicyclic) bond motifs is 1. The highest BCUT2D eigenvalue weighted by Gasteiger charge is 2.32. The summed E-state index contributed by atoms with van der Waals surface area (Å²) < 4.78 is 0. The van der Waals surface area contributed by atoms with E-state index in [2.05, 4.69) is 40.3 Å². The van der Waals surface area contributed by atoms with Crippen LogP contribution < -0.4 is 0 Å². The first-order chi connectivity index (χ1) is 10.8. The van der Waals surface area contributed by atoms with Crippen LogP contribution in [0.15, 0.2) is 30.3 Å². The van der Waals surface area contributed by atoms with Gasteiger partial charge in [0.15, 0.2) is 12.1 Å². The molecule has 124 valence electrons. The second kappa shape index (κ2) is 7.78. The zero-order valence-corrected chi connectivity index (χ0v) is 15.7. The lowest BCUT2D eigenvalue weighted by Crippen LogP contribution is -2.18. The smallest absolute Gasteiger partial charge is 0.160 e. The van der Waals surface area contributed by atoms with E-state index in [-0.39, 0.29) is 17.1 Å². The van der Waals surface area contributed by atoms with Gasteiger partial charge in [0.1, 0.15) is 0 Å². The maximum atomic E-state index is 12.2. The van der Waals surface area contributed by atoms with Gasteiger partial charge < -0.3 is 0 Å². The third-order valence-electron chi connectivity index (χ3n) is 4.36. The zero-order chi connectivity index (χ0) is 17.8. The Morgan fingerprint density at radius 2 is 1.61 bits per heavy atom. The number of rotatable bonds is 3. The van der Waals surface area contributed by atoms with Gasteiger partial charge in [0.2, 0.25) is 0 Å². The van der Waals surface area contributed by atoms with Gasteiger partial charge in [0.25, 0.3) is 0 Å². The first-order valence-electron chi connectivity index (χ1n) is 7.74. The van der Waals surface area contributed by atoms with Gasteiger partial charge in [-0.3, -0.25) is 9.59 Å². The minimum absolute atomic E-state index is 0.0189. The first-order valence-corrected chi connectivity index (χ1v) is 8.64. The number of aldehydes is 1. The van der Waals surface area contributed by atoms with Crippen LogP contribution in [0, 0.1) is 5.41 Å². The molecule has 0 saturated carbocycles. The summed E-state index contributed by atoms with van der Waals surface area (Å²) in [7, 11) is 0. The van der Waals surface area contributed by atoms with E-state index in [1.54, 1.807) is 13.2 Å². The number of ketones is 1. The van der Waals surface area contributed by atoms with E-state index in [0.29, 0.717) is 11.1 Å². The third-order valence-corrected chi connectivity index (χ3v) is 4.36. The molecular weight excluding hydrogens is 304 g/mol. The van der Waals surface area contributed by atoms with E-state index in [1.807, 2.05) is 30.3 Å². The highest BCUT2D eigenvalue weighted by molar-refractivity contribution is 7.79. The lowest BCUT2D eigenvalue weighted by molar-refractivity contribution is 0.101. The van der Waals surface area contributed by atoms with Crippen molar-refractivity contribution in [2.75, 3.05) is 6.26 Å². The number of hydrogen-bond acceptors (Lipinski definition) is 3. The van der Waals surface area contributed by atoms with Crippen LogP contribution in [0.1, 0.15) is 66.8 Å². The molecule has 2 aliphatic carbocycles. The van der Waals surface area contributed by atoms with Crippen molar-refractivity contribution in [1.82, 2.24) is 0 Å². The molecule has 1 unspecified atom stereocenters. The molecule has 2 aliphatic rings. The molecule has 0 aliphatic heterocycles. The summed E-state index contributed by atoms with van der Waals surface area (Å²) in [6, 6.07) is 9.58. The Labute approximate surface area is 145 Å². The van der Waals surface area contributed by atoms with Crippen molar-refractivity contribution in [3.63, 3.8) is 0 Å². The maximum absolute atomic E-state index is 12.2. The van der Waals surface area contributed by atoms with Gasteiger partial charge in [0.05, 0.1) is 0 Å². The van der Waals surface area contributed by atoms with Crippen LogP contribution in [0.5, 0.6) is 0 Å². The predicted octanol–water partition coefficient (Wildman–Crippen LogP) is 5.50. The molecule has 0 amide bonds. The summed E-state index contributed by atoms with van der Waals surface area (Å²) in [6.07, 6.45) is 2.59. The molecule has 0 radical (unpaired) electrons. The zero-order valence-electron chi connectivity index (χ0n) is 14.8. The molecular formula is C20H26O2S. The number of thiol groups is 1. The van der Waals surface area contributed by atoms with Crippen LogP contribution in [-0.4, -0.2) is 18.3 Å². The van der Waals surface area contributed by atoms with Crippen molar-refractivity contribution in [2.24, 2.45) is 5.41 Å². The Morgan fingerprint density at radius 1 is 1.09 bits per heavy atom. The fraction of sp³-hybridized carbons (Fsp3) is 0.400. The Kier molecular flexibility index (Phi) is 6.57. The second-order valence-corrected chi connectivity index (χ2v) is 6.70. The fourth-order valence-electron chi connectivity index (χ4n) is 2.81. The highest BCUT2D eigenvalue weighted by Crippen LogP contribution is 2.45. The van der Waals surface area contributed by atoms with Crippen LogP contribution >= 0.6 is 12.6 Å². The van der Waals surface area contributed by atoms with Crippen LogP contribution in [0.4, 0.5) is 0 Å². The number of carbonyl (C=O) groups excluding carboxylic acids is 2. The molecule has 1 atom stereocenters. The second-order valence-electron chi connectivity index (χ2n) is 6.70. The van der Waals surface area contributed by atoms with Crippen molar-refractivity contribution in [1.29, 1.82) is 0 Å². The quantitative estimate of drug-likeness (QED) is 0.458. The normalized spacial score (nSPS) is 12.3. The minimum Gasteiger partial charge on any atom is -0.298 e. The molecule has 0 aromatic heterocycles. The number of carbonyl (C=O) groups is 2. The monoisotopic (exact) mass is 330 g/mol. The van der Waals surface area contributed by atoms with Crippen molar-refractivity contribution in [2.45, 2.75) is 40.5 Å². The van der Waals surface area contributed by atoms with Crippen molar-refractivity contribution in [3.8, 4) is 11.1 Å². The number of Topliss-reactive ketones (excluding diaryl/α,β-unsaturated/α-hetero) is 1. The van der Waals surface area contributed by atoms with Gasteiger partial charge in [-0.25, -0.2) is 0 Å². The SMILES string of the molecule is CC(=O)c1c2cccccc-2c(C=O)c1C(C)C(C)(C)C.CS. The number of hydrogen-bond donors (Lipinski definition) is 1. The van der Waals surface area contributed by atoms with Gasteiger partial charge in [-0.1, -0.05) is 58.0 Å². The molecule has 0 aromatic rings. The van der Waals surface area contributed by atoms with Crippen molar-refractivity contribution >= 4 is 24.7 Å². The molecule has 23 heavy (non-hydrogen) atoms. The van der Waals surface area contributed by atoms with E-state index >= 15 is 0 Å². The molecule has 3 heteroatoms. The van der Waals surface area contributed by atoms with Crippen LogP contribution in [0.25, 0.3) is 11.1 Å². The van der Waals surface area contributed by atoms with Crippen LogP contribution in [-0.2, 0) is 0 Å². The fourth-order valence-corrected chi connectivity index (χ4v) is 2.81. The first kappa shape index (κ1) is 19.4. The summed E-state index contributed by atoms with van der Waals surface area (Å²) in [5.74, 6) is 0.139. The standard InChI is InChI=1S/C19H22O2.CH4S/c1-12(19(3,4)5)17-16(11-20)14-9-7-6-8-10-15(14)18(17)13(2)21;1-2/h6-12H,1-5H3;2H,1H3. The summed E-state index contributed by atoms with van der Waals surface area (Å²) in [4.78, 5) is 23.9.